The summed E-state index contributed by atoms with van der Waals surface area (Å²) < 4.78 is 10.5. The zero-order valence-electron chi connectivity index (χ0n) is 10.0. The van der Waals surface area contributed by atoms with Crippen LogP contribution >= 0.6 is 0 Å². The van der Waals surface area contributed by atoms with E-state index in [2.05, 4.69) is 0 Å². The lowest BCUT2D eigenvalue weighted by molar-refractivity contribution is -0.176. The van der Waals surface area contributed by atoms with Gasteiger partial charge in [-0.25, -0.2) is 0 Å². The molecule has 0 heterocycles. The van der Waals surface area contributed by atoms with E-state index >= 15 is 0 Å². The van der Waals surface area contributed by atoms with Gasteiger partial charge in [0.05, 0.1) is 6.61 Å². The van der Waals surface area contributed by atoms with Gasteiger partial charge in [0.1, 0.15) is 0 Å². The number of hydrogen-bond donors (Lipinski definition) is 1. The summed E-state index contributed by atoms with van der Waals surface area (Å²) in [6.07, 6.45) is -0.943. The van der Waals surface area contributed by atoms with Crippen molar-refractivity contribution in [1.82, 2.24) is 0 Å². The van der Waals surface area contributed by atoms with E-state index < -0.39 is 6.29 Å². The van der Waals surface area contributed by atoms with Crippen molar-refractivity contribution in [3.05, 3.63) is 71.8 Å². The predicted molar refractivity (Wildman–Crippen MR) is 68.6 cm³/mol. The maximum atomic E-state index is 9.72. The lowest BCUT2D eigenvalue weighted by atomic mass is 10.2. The molecule has 0 aliphatic heterocycles. The second-order valence-electron chi connectivity index (χ2n) is 3.88. The monoisotopic (exact) mass is 244 g/mol. The van der Waals surface area contributed by atoms with Gasteiger partial charge in [0.2, 0.25) is 0 Å². The summed E-state index contributed by atoms with van der Waals surface area (Å²) in [5.74, 6) is 0. The molecule has 0 spiro atoms. The fourth-order valence-electron chi connectivity index (χ4n) is 1.56. The van der Waals surface area contributed by atoms with Gasteiger partial charge in [0.15, 0.2) is 13.1 Å². The summed E-state index contributed by atoms with van der Waals surface area (Å²) >= 11 is 0. The van der Waals surface area contributed by atoms with Gasteiger partial charge in [-0.3, -0.25) is 0 Å². The fraction of sp³-hybridized carbons (Fsp3) is 0.200. The molecule has 0 aromatic heterocycles. The van der Waals surface area contributed by atoms with E-state index in [0.29, 0.717) is 6.61 Å². The molecule has 2 aromatic rings. The third kappa shape index (κ3) is 3.96. The Hall–Kier alpha value is -1.68. The van der Waals surface area contributed by atoms with Crippen molar-refractivity contribution in [3.63, 3.8) is 0 Å². The first-order valence-corrected chi connectivity index (χ1v) is 5.82. The van der Waals surface area contributed by atoms with Crippen LogP contribution in [-0.2, 0) is 16.1 Å². The SMILES string of the molecule is OC(OCOCc1ccccc1)c1ccccc1. The fourth-order valence-corrected chi connectivity index (χ4v) is 1.56. The van der Waals surface area contributed by atoms with Gasteiger partial charge >= 0.3 is 0 Å². The van der Waals surface area contributed by atoms with Crippen molar-refractivity contribution < 1.29 is 14.6 Å². The molecule has 0 fully saturated rings. The van der Waals surface area contributed by atoms with Crippen LogP contribution in [-0.4, -0.2) is 11.9 Å². The van der Waals surface area contributed by atoms with Gasteiger partial charge in [0.25, 0.3) is 0 Å². The highest BCUT2D eigenvalue weighted by atomic mass is 16.7. The lowest BCUT2D eigenvalue weighted by Gasteiger charge is -2.12. The van der Waals surface area contributed by atoms with Crippen molar-refractivity contribution in [2.45, 2.75) is 12.9 Å². The van der Waals surface area contributed by atoms with Crippen LogP contribution < -0.4 is 0 Å². The van der Waals surface area contributed by atoms with E-state index in [1.165, 1.54) is 0 Å². The highest BCUT2D eigenvalue weighted by Crippen LogP contribution is 2.13. The van der Waals surface area contributed by atoms with Gasteiger partial charge in [0, 0.05) is 5.56 Å². The molecule has 3 nitrogen and oxygen atoms in total. The van der Waals surface area contributed by atoms with Gasteiger partial charge in [-0.1, -0.05) is 60.7 Å². The Morgan fingerprint density at radius 2 is 1.50 bits per heavy atom. The van der Waals surface area contributed by atoms with Gasteiger partial charge < -0.3 is 14.6 Å². The van der Waals surface area contributed by atoms with E-state index in [0.717, 1.165) is 11.1 Å². The number of aliphatic hydroxyl groups is 1. The maximum absolute atomic E-state index is 9.72. The standard InChI is InChI=1S/C15H16O3/c16-15(14-9-5-2-6-10-14)18-12-17-11-13-7-3-1-4-8-13/h1-10,15-16H,11-12H2. The first-order chi connectivity index (χ1) is 8.86. The second kappa shape index (κ2) is 6.91. The Morgan fingerprint density at radius 1 is 0.889 bits per heavy atom. The second-order valence-corrected chi connectivity index (χ2v) is 3.88. The highest BCUT2D eigenvalue weighted by Gasteiger charge is 2.06. The molecule has 3 heteroatoms. The van der Waals surface area contributed by atoms with Crippen LogP contribution in [0.5, 0.6) is 0 Å². The quantitative estimate of drug-likeness (QED) is 0.627. The van der Waals surface area contributed by atoms with Crippen molar-refractivity contribution in [2.24, 2.45) is 0 Å². The van der Waals surface area contributed by atoms with Crippen molar-refractivity contribution >= 4 is 0 Å². The van der Waals surface area contributed by atoms with Crippen LogP contribution in [0.3, 0.4) is 0 Å². The predicted octanol–water partition coefficient (Wildman–Crippen LogP) is 2.87. The molecule has 0 saturated carbocycles. The van der Waals surface area contributed by atoms with Crippen LogP contribution in [0.15, 0.2) is 60.7 Å². The molecular weight excluding hydrogens is 228 g/mol. The van der Waals surface area contributed by atoms with Gasteiger partial charge in [-0.15, -0.1) is 0 Å². The molecule has 1 unspecified atom stereocenters. The van der Waals surface area contributed by atoms with E-state index in [9.17, 15) is 5.11 Å². The summed E-state index contributed by atoms with van der Waals surface area (Å²) in [5, 5.41) is 9.72. The minimum Gasteiger partial charge on any atom is -0.364 e. The average molecular weight is 244 g/mol. The van der Waals surface area contributed by atoms with Crippen LogP contribution in [0.1, 0.15) is 17.4 Å². The minimum atomic E-state index is -0.943. The Balaban J connectivity index is 1.70. The van der Waals surface area contributed by atoms with E-state index in [1.807, 2.05) is 60.7 Å². The Morgan fingerprint density at radius 3 is 2.17 bits per heavy atom. The third-order valence-corrected chi connectivity index (χ3v) is 2.51. The lowest BCUT2D eigenvalue weighted by Crippen LogP contribution is -2.07. The van der Waals surface area contributed by atoms with Gasteiger partial charge in [-0.05, 0) is 5.56 Å². The first kappa shape index (κ1) is 12.8. The average Bonchev–Trinajstić information content (AvgIpc) is 2.45. The Bertz CT molecular complexity index is 442. The molecule has 0 aliphatic rings. The van der Waals surface area contributed by atoms with E-state index in [4.69, 9.17) is 9.47 Å². The molecule has 1 atom stereocenters. The van der Waals surface area contributed by atoms with Crippen LogP contribution in [0.25, 0.3) is 0 Å². The zero-order valence-corrected chi connectivity index (χ0v) is 10.0. The molecule has 2 aromatic carbocycles. The number of benzene rings is 2. The molecule has 0 bridgehead atoms. The van der Waals surface area contributed by atoms with Crippen molar-refractivity contribution in [2.75, 3.05) is 6.79 Å². The van der Waals surface area contributed by atoms with Crippen LogP contribution in [0, 0.1) is 0 Å². The van der Waals surface area contributed by atoms with E-state index in [-0.39, 0.29) is 6.79 Å². The van der Waals surface area contributed by atoms with Crippen molar-refractivity contribution in [3.8, 4) is 0 Å². The van der Waals surface area contributed by atoms with E-state index in [1.54, 1.807) is 0 Å². The van der Waals surface area contributed by atoms with Gasteiger partial charge in [-0.2, -0.15) is 0 Å². The number of rotatable bonds is 6. The number of hydrogen-bond acceptors (Lipinski definition) is 3. The molecular formula is C15H16O3. The topological polar surface area (TPSA) is 38.7 Å². The Labute approximate surface area is 107 Å². The molecule has 1 N–H and O–H groups in total. The maximum Gasteiger partial charge on any atom is 0.183 e. The molecule has 0 saturated heterocycles. The Kier molecular flexibility index (Phi) is 4.90. The third-order valence-electron chi connectivity index (χ3n) is 2.51. The zero-order chi connectivity index (χ0) is 12.6. The number of ether oxygens (including phenoxy) is 2. The summed E-state index contributed by atoms with van der Waals surface area (Å²) in [6, 6.07) is 19.0. The van der Waals surface area contributed by atoms with Crippen LogP contribution in [0.4, 0.5) is 0 Å². The molecule has 18 heavy (non-hydrogen) atoms. The summed E-state index contributed by atoms with van der Waals surface area (Å²) in [7, 11) is 0. The summed E-state index contributed by atoms with van der Waals surface area (Å²) in [6.45, 7) is 0.535. The molecule has 94 valence electrons. The van der Waals surface area contributed by atoms with Crippen molar-refractivity contribution in [1.29, 1.82) is 0 Å². The molecule has 2 rings (SSSR count). The molecule has 0 amide bonds. The minimum absolute atomic E-state index is 0.0605. The smallest absolute Gasteiger partial charge is 0.183 e. The largest absolute Gasteiger partial charge is 0.364 e. The first-order valence-electron chi connectivity index (χ1n) is 5.82. The van der Waals surface area contributed by atoms with Crippen LogP contribution in [0.2, 0.25) is 0 Å². The molecule has 0 radical (unpaired) electrons. The normalized spacial score (nSPS) is 12.3. The summed E-state index contributed by atoms with van der Waals surface area (Å²) in [5.41, 5.74) is 1.80. The molecule has 0 aliphatic carbocycles. The number of aliphatic hydroxyl groups excluding tert-OH is 1. The summed E-state index contributed by atoms with van der Waals surface area (Å²) in [4.78, 5) is 0. The highest BCUT2D eigenvalue weighted by molar-refractivity contribution is 5.15.